The number of hydrogen-bond acceptors (Lipinski definition) is 4. The Bertz CT molecular complexity index is 271. The fourth-order valence-corrected chi connectivity index (χ4v) is 1.95. The van der Waals surface area contributed by atoms with Crippen LogP contribution in [0.2, 0.25) is 0 Å². The first kappa shape index (κ1) is 15.7. The predicted molar refractivity (Wildman–Crippen MR) is 64.2 cm³/mol. The Labute approximate surface area is 97.9 Å². The van der Waals surface area contributed by atoms with Gasteiger partial charge in [0.05, 0.1) is 0 Å². The summed E-state index contributed by atoms with van der Waals surface area (Å²) in [6.07, 6.45) is 5.20. The lowest BCUT2D eigenvalue weighted by atomic mass is 10.2. The van der Waals surface area contributed by atoms with E-state index >= 15 is 0 Å². The summed E-state index contributed by atoms with van der Waals surface area (Å²) in [6.45, 7) is 2.14. The van der Waals surface area contributed by atoms with Gasteiger partial charge in [-0.05, 0) is 6.42 Å². The third-order valence-electron chi connectivity index (χ3n) is 2.19. The molecule has 0 spiro atoms. The highest BCUT2D eigenvalue weighted by Gasteiger charge is 2.30. The molecule has 0 saturated carbocycles. The quantitative estimate of drug-likeness (QED) is 0.427. The Morgan fingerprint density at radius 1 is 1.25 bits per heavy atom. The van der Waals surface area contributed by atoms with Crippen molar-refractivity contribution in [1.82, 2.24) is 0 Å². The van der Waals surface area contributed by atoms with E-state index in [1.165, 1.54) is 27.1 Å². The molecule has 0 aromatic heterocycles. The minimum atomic E-state index is -3.45. The summed E-state index contributed by atoms with van der Waals surface area (Å²) in [5.41, 5.74) is 0. The van der Waals surface area contributed by atoms with Gasteiger partial charge in [-0.2, -0.15) is 0 Å². The summed E-state index contributed by atoms with van der Waals surface area (Å²) < 4.78 is 20.9. The van der Waals surface area contributed by atoms with Crippen LogP contribution < -0.4 is 0 Å². The van der Waals surface area contributed by atoms with Gasteiger partial charge in [0.15, 0.2) is 0 Å². The highest BCUT2D eigenvalue weighted by Crippen LogP contribution is 2.50. The maximum absolute atomic E-state index is 11.6. The van der Waals surface area contributed by atoms with Crippen molar-refractivity contribution in [2.75, 3.05) is 14.2 Å². The number of rotatable bonds is 7. The van der Waals surface area contributed by atoms with Crippen LogP contribution in [0.3, 0.4) is 0 Å². The minimum absolute atomic E-state index is 0.699. The zero-order chi connectivity index (χ0) is 12.4. The number of unbranched alkanes of at least 4 members (excludes halogenated alkanes) is 4. The van der Waals surface area contributed by atoms with Crippen LogP contribution in [0, 0.1) is 11.8 Å². The van der Waals surface area contributed by atoms with Gasteiger partial charge in [-0.3, -0.25) is 4.57 Å². The van der Waals surface area contributed by atoms with Gasteiger partial charge in [-0.25, -0.2) is 0 Å². The molecule has 0 aromatic carbocycles. The molecule has 94 valence electrons. The number of aliphatic hydroxyl groups excluding tert-OH is 1. The minimum Gasteiger partial charge on any atom is -0.370 e. The standard InChI is InChI=1S/C11H21O4P/c1-4-5-6-7-8-9-10-11(12)16(13,14-2)15-3/h11-12H,4-8H2,1-3H3/t11-/m1/s1. The molecule has 0 amide bonds. The average molecular weight is 248 g/mol. The SMILES string of the molecule is CCCCCCC#C[C@H](O)P(=O)(OC)OC. The second kappa shape index (κ2) is 8.78. The lowest BCUT2D eigenvalue weighted by Crippen LogP contribution is -2.07. The van der Waals surface area contributed by atoms with Gasteiger partial charge in [0, 0.05) is 20.6 Å². The van der Waals surface area contributed by atoms with E-state index in [2.05, 4.69) is 27.8 Å². The molecule has 0 heterocycles. The molecule has 16 heavy (non-hydrogen) atoms. The lowest BCUT2D eigenvalue weighted by Gasteiger charge is -2.14. The molecule has 0 saturated heterocycles. The summed E-state index contributed by atoms with van der Waals surface area (Å²) in [6, 6.07) is 0. The first-order valence-electron chi connectivity index (χ1n) is 5.48. The molecule has 4 nitrogen and oxygen atoms in total. The summed E-state index contributed by atoms with van der Waals surface area (Å²) in [5.74, 6) is 3.93. The topological polar surface area (TPSA) is 55.8 Å². The summed E-state index contributed by atoms with van der Waals surface area (Å²) in [5, 5.41) is 9.48. The molecular weight excluding hydrogens is 227 g/mol. The third-order valence-corrected chi connectivity index (χ3v) is 3.94. The zero-order valence-corrected chi connectivity index (χ0v) is 11.1. The monoisotopic (exact) mass is 248 g/mol. The van der Waals surface area contributed by atoms with Gasteiger partial charge in [0.2, 0.25) is 5.85 Å². The molecule has 0 unspecified atom stereocenters. The molecule has 0 bridgehead atoms. The van der Waals surface area contributed by atoms with E-state index in [4.69, 9.17) is 0 Å². The Morgan fingerprint density at radius 2 is 1.88 bits per heavy atom. The maximum atomic E-state index is 11.6. The van der Waals surface area contributed by atoms with Crippen molar-refractivity contribution in [3.05, 3.63) is 0 Å². The van der Waals surface area contributed by atoms with Crippen LogP contribution in [0.25, 0.3) is 0 Å². The Balaban J connectivity index is 3.99. The van der Waals surface area contributed by atoms with Gasteiger partial charge in [-0.1, -0.05) is 38.0 Å². The molecule has 5 heteroatoms. The van der Waals surface area contributed by atoms with Gasteiger partial charge >= 0.3 is 7.60 Å². The van der Waals surface area contributed by atoms with E-state index in [0.717, 1.165) is 12.8 Å². The summed E-state index contributed by atoms with van der Waals surface area (Å²) >= 11 is 0. The van der Waals surface area contributed by atoms with Crippen molar-refractivity contribution in [2.45, 2.75) is 44.9 Å². The predicted octanol–water partition coefficient (Wildman–Crippen LogP) is 2.76. The highest BCUT2D eigenvalue weighted by molar-refractivity contribution is 7.54. The fourth-order valence-electron chi connectivity index (χ4n) is 1.16. The van der Waals surface area contributed by atoms with Crippen LogP contribution in [0.5, 0.6) is 0 Å². The summed E-state index contributed by atoms with van der Waals surface area (Å²) in [7, 11) is -0.986. The van der Waals surface area contributed by atoms with Crippen molar-refractivity contribution in [1.29, 1.82) is 0 Å². The van der Waals surface area contributed by atoms with E-state index in [9.17, 15) is 9.67 Å². The largest absolute Gasteiger partial charge is 0.370 e. The van der Waals surface area contributed by atoms with Gasteiger partial charge in [-0.15, -0.1) is 0 Å². The molecule has 0 aliphatic rings. The zero-order valence-electron chi connectivity index (χ0n) is 10.2. The normalized spacial score (nSPS) is 13.0. The Hall–Kier alpha value is -0.330. The van der Waals surface area contributed by atoms with Crippen LogP contribution >= 0.6 is 7.60 Å². The summed E-state index contributed by atoms with van der Waals surface area (Å²) in [4.78, 5) is 0. The maximum Gasteiger partial charge on any atom is 0.370 e. The first-order valence-corrected chi connectivity index (χ1v) is 7.09. The van der Waals surface area contributed by atoms with E-state index in [-0.39, 0.29) is 0 Å². The Kier molecular flexibility index (Phi) is 8.60. The van der Waals surface area contributed by atoms with Crippen LogP contribution in [0.4, 0.5) is 0 Å². The van der Waals surface area contributed by atoms with Crippen molar-refractivity contribution in [3.63, 3.8) is 0 Å². The smallest absolute Gasteiger partial charge is 0.370 e. The number of aliphatic hydroxyl groups is 1. The van der Waals surface area contributed by atoms with E-state index < -0.39 is 13.4 Å². The average Bonchev–Trinajstić information content (AvgIpc) is 2.32. The van der Waals surface area contributed by atoms with Gasteiger partial charge < -0.3 is 14.2 Å². The van der Waals surface area contributed by atoms with Crippen molar-refractivity contribution in [2.24, 2.45) is 0 Å². The molecule has 0 aromatic rings. The molecule has 0 fully saturated rings. The third kappa shape index (κ3) is 5.67. The highest BCUT2D eigenvalue weighted by atomic mass is 31.2. The molecule has 0 aliphatic heterocycles. The van der Waals surface area contributed by atoms with Crippen molar-refractivity contribution >= 4 is 7.60 Å². The molecular formula is C11H21O4P. The van der Waals surface area contributed by atoms with Crippen LogP contribution in [0.1, 0.15) is 39.0 Å². The second-order valence-electron chi connectivity index (χ2n) is 3.41. The van der Waals surface area contributed by atoms with E-state index in [1.54, 1.807) is 0 Å². The molecule has 0 radical (unpaired) electrons. The molecule has 1 atom stereocenters. The fraction of sp³-hybridized carbons (Fsp3) is 0.818. The van der Waals surface area contributed by atoms with Crippen molar-refractivity contribution < 1.29 is 18.7 Å². The van der Waals surface area contributed by atoms with Crippen molar-refractivity contribution in [3.8, 4) is 11.8 Å². The van der Waals surface area contributed by atoms with Crippen LogP contribution in [-0.2, 0) is 13.6 Å². The van der Waals surface area contributed by atoms with E-state index in [1.807, 2.05) is 0 Å². The van der Waals surface area contributed by atoms with Crippen LogP contribution in [0.15, 0.2) is 0 Å². The van der Waals surface area contributed by atoms with Gasteiger partial charge in [0.25, 0.3) is 0 Å². The lowest BCUT2D eigenvalue weighted by molar-refractivity contribution is 0.205. The first-order chi connectivity index (χ1) is 7.60. The van der Waals surface area contributed by atoms with Crippen LogP contribution in [-0.4, -0.2) is 25.2 Å². The Morgan fingerprint density at radius 3 is 2.38 bits per heavy atom. The number of hydrogen-bond donors (Lipinski definition) is 1. The van der Waals surface area contributed by atoms with E-state index in [0.29, 0.717) is 6.42 Å². The second-order valence-corrected chi connectivity index (χ2v) is 5.71. The molecule has 0 rings (SSSR count). The molecule has 1 N–H and O–H groups in total. The van der Waals surface area contributed by atoms with Gasteiger partial charge in [0.1, 0.15) is 0 Å². The molecule has 0 aliphatic carbocycles.